The molecule has 1 N–H and O–H groups in total. The third-order valence-corrected chi connectivity index (χ3v) is 6.99. The standard InChI is InChI=1S/C17H18N8O6S.Na/c1-23-17(19-21-22-23)32-13-8-3-4-24(11-10(8)25(14(11)26)12(13)15(27)28)16(29)18-6-7-5-9(30-2)20-31-7;/h5,8,10-11H,3-4,6H2,1-2H3,(H,18,29)(H,27,28);/q;+1/p-1/t8?,10-,11+;/m1./s1. The van der Waals surface area contributed by atoms with E-state index in [9.17, 15) is 19.5 Å². The largest absolute Gasteiger partial charge is 1.00 e. The van der Waals surface area contributed by atoms with Crippen LogP contribution < -0.4 is 44.7 Å². The summed E-state index contributed by atoms with van der Waals surface area (Å²) in [5.41, 5.74) is -0.176. The van der Waals surface area contributed by atoms with E-state index in [-0.39, 0.29) is 60.1 Å². The number of amides is 3. The zero-order chi connectivity index (χ0) is 22.6. The summed E-state index contributed by atoms with van der Waals surface area (Å²) in [6, 6.07) is -0.141. The second-order valence-corrected chi connectivity index (χ2v) is 8.42. The van der Waals surface area contributed by atoms with Crippen molar-refractivity contribution in [1.29, 1.82) is 0 Å². The fourth-order valence-electron chi connectivity index (χ4n) is 4.33. The van der Waals surface area contributed by atoms with E-state index in [1.807, 2.05) is 0 Å². The number of carbonyl (C=O) groups is 3. The summed E-state index contributed by atoms with van der Waals surface area (Å²) in [6.07, 6.45) is 0.471. The van der Waals surface area contributed by atoms with Gasteiger partial charge >= 0.3 is 35.6 Å². The Hall–Kier alpha value is -2.62. The molecule has 14 nitrogen and oxygen atoms in total. The van der Waals surface area contributed by atoms with E-state index in [0.29, 0.717) is 22.2 Å². The van der Waals surface area contributed by atoms with Gasteiger partial charge in [0.2, 0.25) is 5.16 Å². The van der Waals surface area contributed by atoms with Crippen LogP contribution in [0.2, 0.25) is 0 Å². The van der Waals surface area contributed by atoms with Crippen LogP contribution >= 0.6 is 11.8 Å². The van der Waals surface area contributed by atoms with Crippen molar-refractivity contribution >= 4 is 29.7 Å². The van der Waals surface area contributed by atoms with Crippen LogP contribution in [0, 0.1) is 5.92 Å². The van der Waals surface area contributed by atoms with Crippen LogP contribution in [0.3, 0.4) is 0 Å². The summed E-state index contributed by atoms with van der Waals surface area (Å²) < 4.78 is 11.4. The fraction of sp³-hybridized carbons (Fsp3) is 0.471. The number of carboxylic acid groups (broad SMARTS) is 1. The number of nitrogens with zero attached hydrogens (tertiary/aromatic N) is 7. The van der Waals surface area contributed by atoms with Crippen molar-refractivity contribution in [3.05, 3.63) is 22.4 Å². The summed E-state index contributed by atoms with van der Waals surface area (Å²) >= 11 is 1.10. The minimum Gasteiger partial charge on any atom is -0.543 e. The molecule has 0 radical (unpaired) electrons. The van der Waals surface area contributed by atoms with Crippen molar-refractivity contribution in [2.45, 2.75) is 30.2 Å². The summed E-state index contributed by atoms with van der Waals surface area (Å²) in [4.78, 5) is 40.7. The van der Waals surface area contributed by atoms with Crippen LogP contribution in [0.25, 0.3) is 0 Å². The molecule has 2 saturated heterocycles. The first kappa shape index (κ1) is 23.5. The molecule has 168 valence electrons. The van der Waals surface area contributed by atoms with Gasteiger partial charge in [-0.3, -0.25) is 4.79 Å². The van der Waals surface area contributed by atoms with Gasteiger partial charge < -0.3 is 34.3 Å². The van der Waals surface area contributed by atoms with Crippen molar-refractivity contribution in [3.63, 3.8) is 0 Å². The normalized spacial score (nSPS) is 23.1. The van der Waals surface area contributed by atoms with E-state index in [2.05, 4.69) is 26.0 Å². The van der Waals surface area contributed by atoms with Gasteiger partial charge in [-0.1, -0.05) is 11.8 Å². The predicted octanol–water partition coefficient (Wildman–Crippen LogP) is -4.91. The number of hydrogen-bond donors (Lipinski definition) is 1. The zero-order valence-electron chi connectivity index (χ0n) is 17.9. The third kappa shape index (κ3) is 3.78. The first-order chi connectivity index (χ1) is 15.4. The van der Waals surface area contributed by atoms with E-state index in [0.717, 1.165) is 11.8 Å². The van der Waals surface area contributed by atoms with Crippen LogP contribution in [-0.2, 0) is 23.2 Å². The number of hydrogen-bond acceptors (Lipinski definition) is 11. The first-order valence-corrected chi connectivity index (χ1v) is 10.4. The fourth-order valence-corrected chi connectivity index (χ4v) is 5.46. The quantitative estimate of drug-likeness (QED) is 0.308. The molecular formula is C17H17N8NaO6S. The smallest absolute Gasteiger partial charge is 0.543 e. The van der Waals surface area contributed by atoms with Gasteiger partial charge in [0.15, 0.2) is 5.76 Å². The van der Waals surface area contributed by atoms with Gasteiger partial charge in [-0.2, -0.15) is 0 Å². The Bertz CT molecular complexity index is 1150. The predicted molar refractivity (Wildman–Crippen MR) is 101 cm³/mol. The summed E-state index contributed by atoms with van der Waals surface area (Å²) in [7, 11) is 3.08. The van der Waals surface area contributed by atoms with E-state index in [1.54, 1.807) is 13.1 Å². The molecule has 0 aromatic carbocycles. The maximum Gasteiger partial charge on any atom is 1.00 e. The molecule has 2 aromatic heterocycles. The molecule has 0 spiro atoms. The van der Waals surface area contributed by atoms with Gasteiger partial charge in [0, 0.05) is 30.5 Å². The van der Waals surface area contributed by atoms with Crippen molar-refractivity contribution in [1.82, 2.24) is 40.5 Å². The Balaban J connectivity index is 0.00000259. The monoisotopic (exact) mass is 484 g/mol. The number of carboxylic acids is 1. The second kappa shape index (κ2) is 8.96. The molecule has 16 heteroatoms. The Kier molecular flexibility index (Phi) is 6.39. The van der Waals surface area contributed by atoms with Gasteiger partial charge in [-0.25, -0.2) is 9.48 Å². The SMILES string of the molecule is COc1cc(CNC(=O)N2CCC3C(Sc4nnnn4C)=C(C(=O)[O-])N4C(=O)[C@@H]2[C@@H]34)on1.[Na+]. The number of urea groups is 1. The number of rotatable bonds is 6. The minimum atomic E-state index is -1.45. The van der Waals surface area contributed by atoms with Gasteiger partial charge in [0.1, 0.15) is 6.04 Å². The molecule has 0 saturated carbocycles. The molecule has 0 bridgehead atoms. The van der Waals surface area contributed by atoms with Crippen molar-refractivity contribution in [2.75, 3.05) is 13.7 Å². The van der Waals surface area contributed by atoms with E-state index in [4.69, 9.17) is 9.26 Å². The molecule has 33 heavy (non-hydrogen) atoms. The molecule has 2 fully saturated rings. The van der Waals surface area contributed by atoms with E-state index in [1.165, 1.54) is 21.6 Å². The van der Waals surface area contributed by atoms with E-state index < -0.39 is 30.0 Å². The number of nitrogens with one attached hydrogen (secondary N) is 1. The number of methoxy groups -OCH3 is 1. The molecule has 3 aliphatic heterocycles. The molecule has 3 amide bonds. The summed E-state index contributed by atoms with van der Waals surface area (Å²) in [5, 5.41) is 29.9. The molecule has 2 aromatic rings. The van der Waals surface area contributed by atoms with Crippen LogP contribution in [0.1, 0.15) is 12.2 Å². The Morgan fingerprint density at radius 2 is 2.21 bits per heavy atom. The van der Waals surface area contributed by atoms with Crippen molar-refractivity contribution < 1.29 is 58.3 Å². The minimum absolute atomic E-state index is 0. The van der Waals surface area contributed by atoms with Gasteiger partial charge in [0.25, 0.3) is 11.8 Å². The molecule has 3 aliphatic rings. The number of aliphatic carboxylic acids is 1. The number of aryl methyl sites for hydroxylation is 1. The van der Waals surface area contributed by atoms with Gasteiger partial charge in [0.05, 0.1) is 31.4 Å². The number of β-lactam (4-membered cyclic amide) rings is 1. The van der Waals surface area contributed by atoms with Crippen molar-refractivity contribution in [2.24, 2.45) is 13.0 Å². The number of likely N-dealkylation sites (tertiary alicyclic amines) is 1. The molecular weight excluding hydrogens is 467 g/mol. The van der Waals surface area contributed by atoms with Crippen LogP contribution in [0.5, 0.6) is 5.88 Å². The molecule has 1 unspecified atom stereocenters. The summed E-state index contributed by atoms with van der Waals surface area (Å²) in [5.74, 6) is -1.48. The number of tetrazole rings is 1. The Labute approximate surface area is 212 Å². The van der Waals surface area contributed by atoms with Crippen LogP contribution in [0.15, 0.2) is 26.3 Å². The maximum absolute atomic E-state index is 12.9. The average molecular weight is 484 g/mol. The Morgan fingerprint density at radius 3 is 2.85 bits per heavy atom. The Morgan fingerprint density at radius 1 is 1.42 bits per heavy atom. The number of piperidine rings is 1. The van der Waals surface area contributed by atoms with Crippen LogP contribution in [-0.4, -0.2) is 78.8 Å². The first-order valence-electron chi connectivity index (χ1n) is 9.63. The molecule has 0 aliphatic carbocycles. The van der Waals surface area contributed by atoms with Gasteiger partial charge in [-0.05, 0) is 22.0 Å². The topological polar surface area (TPSA) is 172 Å². The average Bonchev–Trinajstić information content (AvgIpc) is 3.48. The van der Waals surface area contributed by atoms with Gasteiger partial charge in [-0.15, -0.1) is 5.10 Å². The third-order valence-electron chi connectivity index (χ3n) is 5.75. The molecule has 5 heterocycles. The molecule has 5 rings (SSSR count). The zero-order valence-corrected chi connectivity index (χ0v) is 20.7. The number of aromatic nitrogens is 5. The molecule has 3 atom stereocenters. The maximum atomic E-state index is 12.9. The summed E-state index contributed by atoms with van der Waals surface area (Å²) in [6.45, 7) is 0.339. The second-order valence-electron chi connectivity index (χ2n) is 7.41. The number of thioether (sulfide) groups is 1. The van der Waals surface area contributed by atoms with Crippen LogP contribution in [0.4, 0.5) is 4.79 Å². The van der Waals surface area contributed by atoms with Crippen molar-refractivity contribution in [3.8, 4) is 5.88 Å². The number of ether oxygens (including phenoxy) is 1. The van der Waals surface area contributed by atoms with E-state index >= 15 is 0 Å². The number of carbonyl (C=O) groups excluding carboxylic acids is 3.